The van der Waals surface area contributed by atoms with Gasteiger partial charge in [-0.05, 0) is 18.1 Å². The highest BCUT2D eigenvalue weighted by molar-refractivity contribution is 5.49. The molecule has 0 bridgehead atoms. The lowest BCUT2D eigenvalue weighted by molar-refractivity contribution is 0.623. The molecule has 0 aromatic heterocycles. The molecule has 12 heavy (non-hydrogen) atoms. The van der Waals surface area contributed by atoms with Crippen LogP contribution in [0.3, 0.4) is 0 Å². The van der Waals surface area contributed by atoms with Crippen molar-refractivity contribution in [1.82, 2.24) is 0 Å². The summed E-state index contributed by atoms with van der Waals surface area (Å²) in [7, 11) is 0. The maximum absolute atomic E-state index is 12.9. The van der Waals surface area contributed by atoms with Crippen LogP contribution >= 0.6 is 0 Å². The van der Waals surface area contributed by atoms with E-state index in [0.29, 0.717) is 5.56 Å². The second-order valence-corrected chi connectivity index (χ2v) is 2.76. The number of benzene rings is 1. The summed E-state index contributed by atoms with van der Waals surface area (Å²) in [6.45, 7) is 1.94. The van der Waals surface area contributed by atoms with Gasteiger partial charge in [0.2, 0.25) is 0 Å². The second-order valence-electron chi connectivity index (χ2n) is 2.76. The molecular formula is C9H13FN2. The first-order valence-corrected chi connectivity index (χ1v) is 3.96. The van der Waals surface area contributed by atoms with Crippen molar-refractivity contribution in [2.75, 3.05) is 5.73 Å². The van der Waals surface area contributed by atoms with Crippen molar-refractivity contribution in [3.05, 3.63) is 29.6 Å². The van der Waals surface area contributed by atoms with E-state index < -0.39 is 5.82 Å². The molecule has 4 N–H and O–H groups in total. The van der Waals surface area contributed by atoms with E-state index in [1.807, 2.05) is 6.92 Å². The minimum Gasteiger partial charge on any atom is -0.396 e. The molecule has 1 unspecified atom stereocenters. The monoisotopic (exact) mass is 168 g/mol. The molecular weight excluding hydrogens is 155 g/mol. The van der Waals surface area contributed by atoms with Crippen molar-refractivity contribution in [2.24, 2.45) is 5.73 Å². The van der Waals surface area contributed by atoms with Gasteiger partial charge in [0, 0.05) is 6.04 Å². The molecule has 0 radical (unpaired) electrons. The fourth-order valence-electron chi connectivity index (χ4n) is 1.10. The quantitative estimate of drug-likeness (QED) is 0.662. The predicted molar refractivity (Wildman–Crippen MR) is 48.0 cm³/mol. The fraction of sp³-hybridized carbons (Fsp3) is 0.333. The van der Waals surface area contributed by atoms with Crippen LogP contribution in [-0.2, 0) is 0 Å². The topological polar surface area (TPSA) is 52.0 Å². The minimum atomic E-state index is -0.392. The average molecular weight is 168 g/mol. The minimum absolute atomic E-state index is 0.166. The van der Waals surface area contributed by atoms with Crippen LogP contribution in [0.2, 0.25) is 0 Å². The summed E-state index contributed by atoms with van der Waals surface area (Å²) in [6.07, 6.45) is 0.758. The normalized spacial score (nSPS) is 12.9. The highest BCUT2D eigenvalue weighted by Crippen LogP contribution is 2.22. The lowest BCUT2D eigenvalue weighted by Crippen LogP contribution is -2.11. The molecule has 1 rings (SSSR count). The van der Waals surface area contributed by atoms with Gasteiger partial charge < -0.3 is 11.5 Å². The zero-order valence-corrected chi connectivity index (χ0v) is 7.05. The first kappa shape index (κ1) is 9.00. The first-order valence-electron chi connectivity index (χ1n) is 3.96. The summed E-state index contributed by atoms with van der Waals surface area (Å²) in [5, 5.41) is 0. The molecule has 3 heteroatoms. The van der Waals surface area contributed by atoms with Crippen LogP contribution < -0.4 is 11.5 Å². The van der Waals surface area contributed by atoms with E-state index in [1.54, 1.807) is 12.1 Å². The number of nitrogen functional groups attached to an aromatic ring is 1. The van der Waals surface area contributed by atoms with Crippen LogP contribution in [0.15, 0.2) is 18.2 Å². The van der Waals surface area contributed by atoms with Crippen molar-refractivity contribution < 1.29 is 4.39 Å². The van der Waals surface area contributed by atoms with Crippen LogP contribution in [0.25, 0.3) is 0 Å². The third kappa shape index (κ3) is 1.56. The Bertz CT molecular complexity index is 273. The molecule has 0 saturated carbocycles. The van der Waals surface area contributed by atoms with Gasteiger partial charge in [-0.15, -0.1) is 0 Å². The Morgan fingerprint density at radius 1 is 1.50 bits per heavy atom. The van der Waals surface area contributed by atoms with E-state index in [4.69, 9.17) is 11.5 Å². The predicted octanol–water partition coefficient (Wildman–Crippen LogP) is 1.82. The summed E-state index contributed by atoms with van der Waals surface area (Å²) < 4.78 is 12.9. The lowest BCUT2D eigenvalue weighted by atomic mass is 10.0. The molecule has 0 aliphatic heterocycles. The summed E-state index contributed by atoms with van der Waals surface area (Å²) in [6, 6.07) is 4.55. The average Bonchev–Trinajstić information content (AvgIpc) is 2.08. The number of halogens is 1. The Morgan fingerprint density at radius 2 is 2.17 bits per heavy atom. The number of hydrogen-bond donors (Lipinski definition) is 2. The van der Waals surface area contributed by atoms with Gasteiger partial charge in [-0.3, -0.25) is 0 Å². The Labute approximate surface area is 71.4 Å². The molecule has 0 aliphatic rings. The summed E-state index contributed by atoms with van der Waals surface area (Å²) in [5.74, 6) is -0.392. The van der Waals surface area contributed by atoms with Crippen molar-refractivity contribution in [2.45, 2.75) is 19.4 Å². The number of para-hydroxylation sites is 1. The molecule has 1 aromatic rings. The second kappa shape index (κ2) is 3.54. The van der Waals surface area contributed by atoms with Crippen LogP contribution in [0.1, 0.15) is 24.9 Å². The van der Waals surface area contributed by atoms with Crippen molar-refractivity contribution in [1.29, 1.82) is 0 Å². The largest absolute Gasteiger partial charge is 0.396 e. The highest BCUT2D eigenvalue weighted by Gasteiger charge is 2.09. The molecule has 0 saturated heterocycles. The van der Waals surface area contributed by atoms with Gasteiger partial charge in [-0.25, -0.2) is 4.39 Å². The van der Waals surface area contributed by atoms with Gasteiger partial charge >= 0.3 is 0 Å². The van der Waals surface area contributed by atoms with Crippen molar-refractivity contribution in [3.8, 4) is 0 Å². The maximum Gasteiger partial charge on any atom is 0.146 e. The molecule has 0 amide bonds. The molecule has 0 spiro atoms. The number of rotatable bonds is 2. The Balaban J connectivity index is 3.07. The molecule has 0 heterocycles. The molecule has 1 atom stereocenters. The number of nitrogens with two attached hydrogens (primary N) is 2. The SMILES string of the molecule is CCC(N)c1cccc(F)c1N. The van der Waals surface area contributed by atoms with E-state index >= 15 is 0 Å². The summed E-state index contributed by atoms with van der Waals surface area (Å²) >= 11 is 0. The van der Waals surface area contributed by atoms with Gasteiger partial charge in [0.15, 0.2) is 0 Å². The third-order valence-electron chi connectivity index (χ3n) is 1.93. The van der Waals surface area contributed by atoms with E-state index in [-0.39, 0.29) is 11.7 Å². The zero-order chi connectivity index (χ0) is 9.14. The van der Waals surface area contributed by atoms with Crippen LogP contribution in [0, 0.1) is 5.82 Å². The van der Waals surface area contributed by atoms with E-state index in [9.17, 15) is 4.39 Å². The van der Waals surface area contributed by atoms with E-state index in [1.165, 1.54) is 6.07 Å². The Morgan fingerprint density at radius 3 is 2.75 bits per heavy atom. The fourth-order valence-corrected chi connectivity index (χ4v) is 1.10. The zero-order valence-electron chi connectivity index (χ0n) is 7.05. The van der Waals surface area contributed by atoms with Gasteiger partial charge in [-0.1, -0.05) is 19.1 Å². The van der Waals surface area contributed by atoms with E-state index in [0.717, 1.165) is 6.42 Å². The van der Waals surface area contributed by atoms with Crippen LogP contribution in [0.5, 0.6) is 0 Å². The molecule has 2 nitrogen and oxygen atoms in total. The molecule has 1 aromatic carbocycles. The molecule has 0 fully saturated rings. The third-order valence-corrected chi connectivity index (χ3v) is 1.93. The van der Waals surface area contributed by atoms with Gasteiger partial charge in [0.05, 0.1) is 5.69 Å². The standard InChI is InChI=1S/C9H13FN2/c1-2-8(11)6-4-3-5-7(10)9(6)12/h3-5,8H,2,11-12H2,1H3. The summed E-state index contributed by atoms with van der Waals surface area (Å²) in [5.41, 5.74) is 12.1. The number of hydrogen-bond acceptors (Lipinski definition) is 2. The number of anilines is 1. The van der Waals surface area contributed by atoms with E-state index in [2.05, 4.69) is 0 Å². The maximum atomic E-state index is 12.9. The van der Waals surface area contributed by atoms with Gasteiger partial charge in [-0.2, -0.15) is 0 Å². The van der Waals surface area contributed by atoms with Gasteiger partial charge in [0.25, 0.3) is 0 Å². The van der Waals surface area contributed by atoms with Crippen LogP contribution in [0.4, 0.5) is 10.1 Å². The molecule has 66 valence electrons. The van der Waals surface area contributed by atoms with Crippen LogP contribution in [-0.4, -0.2) is 0 Å². The molecule has 0 aliphatic carbocycles. The highest BCUT2D eigenvalue weighted by atomic mass is 19.1. The van der Waals surface area contributed by atoms with Gasteiger partial charge in [0.1, 0.15) is 5.82 Å². The smallest absolute Gasteiger partial charge is 0.146 e. The first-order chi connectivity index (χ1) is 5.66. The lowest BCUT2D eigenvalue weighted by Gasteiger charge is -2.11. The van der Waals surface area contributed by atoms with Crippen molar-refractivity contribution >= 4 is 5.69 Å². The summed E-state index contributed by atoms with van der Waals surface area (Å²) in [4.78, 5) is 0. The van der Waals surface area contributed by atoms with Crippen molar-refractivity contribution in [3.63, 3.8) is 0 Å². The Kier molecular flexibility index (Phi) is 2.65. The Hall–Kier alpha value is -1.09.